The Balaban J connectivity index is 1.85. The number of oxazole rings is 1. The fourth-order valence-corrected chi connectivity index (χ4v) is 2.22. The number of hydrogen-bond donors (Lipinski definition) is 1. The molecule has 0 aliphatic rings. The van der Waals surface area contributed by atoms with Gasteiger partial charge in [0, 0.05) is 18.1 Å². The lowest BCUT2D eigenvalue weighted by Gasteiger charge is -2.19. The minimum absolute atomic E-state index is 0.496. The summed E-state index contributed by atoms with van der Waals surface area (Å²) in [7, 11) is 0. The molecule has 6 nitrogen and oxygen atoms in total. The molecule has 2 heterocycles. The van der Waals surface area contributed by atoms with Crippen LogP contribution in [0, 0.1) is 6.92 Å². The molecule has 0 fully saturated rings. The van der Waals surface area contributed by atoms with Gasteiger partial charge in [-0.05, 0) is 57.5 Å². The van der Waals surface area contributed by atoms with Crippen LogP contribution in [0.4, 0.5) is 10.5 Å². The maximum Gasteiger partial charge on any atom is 0.412 e. The van der Waals surface area contributed by atoms with Gasteiger partial charge in [-0.1, -0.05) is 0 Å². The first kappa shape index (κ1) is 16.0. The Morgan fingerprint density at radius 2 is 2.00 bits per heavy atom. The van der Waals surface area contributed by atoms with Gasteiger partial charge in [0.05, 0.1) is 5.56 Å². The minimum atomic E-state index is -0.548. The first-order valence-electron chi connectivity index (χ1n) is 7.63. The smallest absolute Gasteiger partial charge is 0.412 e. The Labute approximate surface area is 139 Å². The third-order valence-electron chi connectivity index (χ3n) is 3.15. The third kappa shape index (κ3) is 3.71. The van der Waals surface area contributed by atoms with Crippen LogP contribution in [0.15, 0.2) is 41.1 Å². The van der Waals surface area contributed by atoms with Gasteiger partial charge < -0.3 is 9.15 Å². The average molecular weight is 325 g/mol. The number of aromatic nitrogens is 2. The predicted molar refractivity (Wildman–Crippen MR) is 91.8 cm³/mol. The van der Waals surface area contributed by atoms with Crippen LogP contribution in [0.3, 0.4) is 0 Å². The second-order valence-electron chi connectivity index (χ2n) is 6.58. The third-order valence-corrected chi connectivity index (χ3v) is 3.15. The average Bonchev–Trinajstić information content (AvgIpc) is 2.88. The summed E-state index contributed by atoms with van der Waals surface area (Å²) in [6.07, 6.45) is 2.97. The molecule has 0 spiro atoms. The van der Waals surface area contributed by atoms with Crippen molar-refractivity contribution in [3.8, 4) is 11.5 Å². The van der Waals surface area contributed by atoms with Gasteiger partial charge in [-0.15, -0.1) is 0 Å². The van der Waals surface area contributed by atoms with E-state index in [0.717, 1.165) is 11.1 Å². The summed E-state index contributed by atoms with van der Waals surface area (Å²) in [6.45, 7) is 7.41. The first-order valence-corrected chi connectivity index (χ1v) is 7.63. The highest BCUT2D eigenvalue weighted by molar-refractivity contribution is 5.88. The Hall–Kier alpha value is -2.89. The summed E-state index contributed by atoms with van der Waals surface area (Å²) in [5, 5.41) is 2.69. The summed E-state index contributed by atoms with van der Waals surface area (Å²) in [4.78, 5) is 20.5. The molecule has 1 amide bonds. The summed E-state index contributed by atoms with van der Waals surface area (Å²) >= 11 is 0. The molecule has 3 rings (SSSR count). The number of anilines is 1. The molecule has 1 aromatic carbocycles. The molecule has 0 aliphatic carbocycles. The van der Waals surface area contributed by atoms with E-state index in [0.29, 0.717) is 22.7 Å². The van der Waals surface area contributed by atoms with Crippen molar-refractivity contribution in [1.82, 2.24) is 9.97 Å². The number of hydrogen-bond acceptors (Lipinski definition) is 5. The molecule has 0 unspecified atom stereocenters. The van der Waals surface area contributed by atoms with E-state index in [2.05, 4.69) is 15.3 Å². The van der Waals surface area contributed by atoms with Crippen molar-refractivity contribution < 1.29 is 13.9 Å². The lowest BCUT2D eigenvalue weighted by molar-refractivity contribution is 0.0636. The number of nitrogens with zero attached hydrogens (tertiary/aromatic N) is 2. The summed E-state index contributed by atoms with van der Waals surface area (Å²) in [5.41, 5.74) is 3.18. The van der Waals surface area contributed by atoms with Gasteiger partial charge in [-0.2, -0.15) is 0 Å². The highest BCUT2D eigenvalue weighted by Gasteiger charge is 2.17. The Morgan fingerprint density at radius 3 is 2.71 bits per heavy atom. The van der Waals surface area contributed by atoms with Crippen LogP contribution in [0.2, 0.25) is 0 Å². The quantitative estimate of drug-likeness (QED) is 0.748. The lowest BCUT2D eigenvalue weighted by Crippen LogP contribution is -2.27. The number of ether oxygens (including phenoxy) is 1. The monoisotopic (exact) mass is 325 g/mol. The SMILES string of the molecule is Cc1cncc(-c2nc3cc(NC(=O)OC(C)(C)C)ccc3o2)c1. The second-order valence-corrected chi connectivity index (χ2v) is 6.58. The fraction of sp³-hybridized carbons (Fsp3) is 0.278. The minimum Gasteiger partial charge on any atom is -0.444 e. The molecule has 2 aromatic heterocycles. The Morgan fingerprint density at radius 1 is 1.21 bits per heavy atom. The van der Waals surface area contributed by atoms with Crippen LogP contribution >= 0.6 is 0 Å². The molecule has 1 N–H and O–H groups in total. The molecule has 0 aliphatic heterocycles. The van der Waals surface area contributed by atoms with E-state index >= 15 is 0 Å². The molecule has 124 valence electrons. The number of pyridine rings is 1. The van der Waals surface area contributed by atoms with Crippen LogP contribution in [-0.2, 0) is 4.74 Å². The van der Waals surface area contributed by atoms with Crippen LogP contribution in [-0.4, -0.2) is 21.7 Å². The molecular formula is C18H19N3O3. The Bertz CT molecular complexity index is 894. The topological polar surface area (TPSA) is 77.2 Å². The van der Waals surface area contributed by atoms with E-state index in [-0.39, 0.29) is 0 Å². The van der Waals surface area contributed by atoms with Gasteiger partial charge in [0.2, 0.25) is 5.89 Å². The number of benzene rings is 1. The molecular weight excluding hydrogens is 306 g/mol. The van der Waals surface area contributed by atoms with E-state index in [1.54, 1.807) is 30.6 Å². The molecule has 0 radical (unpaired) electrons. The molecule has 0 saturated carbocycles. The number of amides is 1. The van der Waals surface area contributed by atoms with Crippen LogP contribution < -0.4 is 5.32 Å². The number of rotatable bonds is 2. The summed E-state index contributed by atoms with van der Waals surface area (Å²) < 4.78 is 11.0. The number of nitrogens with one attached hydrogen (secondary N) is 1. The lowest BCUT2D eigenvalue weighted by atomic mass is 10.2. The van der Waals surface area contributed by atoms with Crippen molar-refractivity contribution in [3.63, 3.8) is 0 Å². The fourth-order valence-electron chi connectivity index (χ4n) is 2.22. The van der Waals surface area contributed by atoms with Gasteiger partial charge >= 0.3 is 6.09 Å². The van der Waals surface area contributed by atoms with Crippen molar-refractivity contribution in [2.45, 2.75) is 33.3 Å². The maximum absolute atomic E-state index is 11.8. The zero-order valence-corrected chi connectivity index (χ0v) is 14.1. The summed E-state index contributed by atoms with van der Waals surface area (Å²) in [6, 6.07) is 7.21. The highest BCUT2D eigenvalue weighted by atomic mass is 16.6. The zero-order valence-electron chi connectivity index (χ0n) is 14.1. The summed E-state index contributed by atoms with van der Waals surface area (Å²) in [5.74, 6) is 0.496. The van der Waals surface area contributed by atoms with Gasteiger partial charge in [0.25, 0.3) is 0 Å². The normalized spacial score (nSPS) is 11.5. The molecule has 0 saturated heterocycles. The van der Waals surface area contributed by atoms with E-state index in [1.807, 2.05) is 33.8 Å². The molecule has 24 heavy (non-hydrogen) atoms. The molecule has 6 heteroatoms. The molecule has 0 bridgehead atoms. The molecule has 0 atom stereocenters. The van der Waals surface area contributed by atoms with Crippen molar-refractivity contribution in [2.24, 2.45) is 0 Å². The van der Waals surface area contributed by atoms with Crippen molar-refractivity contribution >= 4 is 22.9 Å². The number of carbonyl (C=O) groups excluding carboxylic acids is 1. The van der Waals surface area contributed by atoms with Crippen molar-refractivity contribution in [2.75, 3.05) is 5.32 Å². The van der Waals surface area contributed by atoms with E-state index in [1.165, 1.54) is 0 Å². The number of aryl methyl sites for hydroxylation is 1. The largest absolute Gasteiger partial charge is 0.444 e. The van der Waals surface area contributed by atoms with E-state index < -0.39 is 11.7 Å². The van der Waals surface area contributed by atoms with Gasteiger partial charge in [0.15, 0.2) is 5.58 Å². The standard InChI is InChI=1S/C18H19N3O3/c1-11-7-12(10-19-9-11)16-21-14-8-13(5-6-15(14)23-16)20-17(22)24-18(2,3)4/h5-10H,1-4H3,(H,20,22). The van der Waals surface area contributed by atoms with E-state index in [9.17, 15) is 4.79 Å². The van der Waals surface area contributed by atoms with Gasteiger partial charge in [0.1, 0.15) is 11.1 Å². The van der Waals surface area contributed by atoms with Gasteiger partial charge in [-0.3, -0.25) is 10.3 Å². The maximum atomic E-state index is 11.8. The molecule has 3 aromatic rings. The zero-order chi connectivity index (χ0) is 17.3. The van der Waals surface area contributed by atoms with Crippen LogP contribution in [0.5, 0.6) is 0 Å². The van der Waals surface area contributed by atoms with Crippen molar-refractivity contribution in [1.29, 1.82) is 0 Å². The van der Waals surface area contributed by atoms with Crippen LogP contribution in [0.1, 0.15) is 26.3 Å². The second kappa shape index (κ2) is 5.96. The van der Waals surface area contributed by atoms with Crippen molar-refractivity contribution in [3.05, 3.63) is 42.2 Å². The van der Waals surface area contributed by atoms with E-state index in [4.69, 9.17) is 9.15 Å². The number of carbonyl (C=O) groups is 1. The van der Waals surface area contributed by atoms with Gasteiger partial charge in [-0.25, -0.2) is 9.78 Å². The highest BCUT2D eigenvalue weighted by Crippen LogP contribution is 2.26. The first-order chi connectivity index (χ1) is 11.3. The Kier molecular flexibility index (Phi) is 3.97. The van der Waals surface area contributed by atoms with Crippen LogP contribution in [0.25, 0.3) is 22.6 Å². The predicted octanol–water partition coefficient (Wildman–Crippen LogP) is 4.55. The number of fused-ring (bicyclic) bond motifs is 1.